The number of amides is 1. The van der Waals surface area contributed by atoms with Gasteiger partial charge in [-0.25, -0.2) is 4.98 Å². The maximum absolute atomic E-state index is 12.9. The molecule has 0 saturated heterocycles. The van der Waals surface area contributed by atoms with Crippen molar-refractivity contribution < 1.29 is 14.3 Å². The molecule has 0 aliphatic carbocycles. The third kappa shape index (κ3) is 7.79. The van der Waals surface area contributed by atoms with Crippen LogP contribution in [0.4, 0.5) is 0 Å². The summed E-state index contributed by atoms with van der Waals surface area (Å²) >= 11 is 1.28. The first-order chi connectivity index (χ1) is 14.0. The highest BCUT2D eigenvalue weighted by Crippen LogP contribution is 2.18. The summed E-state index contributed by atoms with van der Waals surface area (Å²) in [7, 11) is 0. The molecule has 0 aliphatic rings. The number of nitrogens with one attached hydrogen (secondary N) is 1. The zero-order chi connectivity index (χ0) is 21.1. The molecule has 0 aliphatic heterocycles. The van der Waals surface area contributed by atoms with Crippen molar-refractivity contribution in [2.75, 3.05) is 32.1 Å². The summed E-state index contributed by atoms with van der Waals surface area (Å²) in [6.45, 7) is 8.84. The largest absolute Gasteiger partial charge is 0.382 e. The van der Waals surface area contributed by atoms with Gasteiger partial charge in [-0.1, -0.05) is 23.9 Å². The minimum atomic E-state index is -0.0826. The second-order valence-corrected chi connectivity index (χ2v) is 7.77. The van der Waals surface area contributed by atoms with Crippen LogP contribution in [0.3, 0.4) is 0 Å². The third-order valence-corrected chi connectivity index (χ3v) is 5.10. The van der Waals surface area contributed by atoms with Gasteiger partial charge in [-0.15, -0.1) is 0 Å². The number of para-hydroxylation sites is 1. The third-order valence-electron chi connectivity index (χ3n) is 4.13. The number of benzene rings is 1. The van der Waals surface area contributed by atoms with E-state index in [0.717, 1.165) is 6.42 Å². The second-order valence-electron chi connectivity index (χ2n) is 6.83. The van der Waals surface area contributed by atoms with Crippen molar-refractivity contribution >= 4 is 28.6 Å². The van der Waals surface area contributed by atoms with Gasteiger partial charge in [0, 0.05) is 32.9 Å². The van der Waals surface area contributed by atoms with Gasteiger partial charge < -0.3 is 14.8 Å². The molecule has 2 rings (SSSR count). The number of fused-ring (bicyclic) bond motifs is 1. The summed E-state index contributed by atoms with van der Waals surface area (Å²) in [5.41, 5.74) is 0.563. The Bertz CT molecular complexity index is 838. The highest BCUT2D eigenvalue weighted by atomic mass is 32.2. The first-order valence-corrected chi connectivity index (χ1v) is 11.1. The maximum Gasteiger partial charge on any atom is 0.262 e. The average Bonchev–Trinajstić information content (AvgIpc) is 2.70. The smallest absolute Gasteiger partial charge is 0.262 e. The molecule has 0 radical (unpaired) electrons. The molecule has 2 aromatic rings. The highest BCUT2D eigenvalue weighted by Gasteiger charge is 2.13. The number of hydrogen-bond donors (Lipinski definition) is 1. The molecule has 1 heterocycles. The average molecular weight is 422 g/mol. The minimum absolute atomic E-state index is 0.0807. The van der Waals surface area contributed by atoms with Crippen molar-refractivity contribution in [1.82, 2.24) is 14.9 Å². The number of aromatic nitrogens is 2. The molecule has 0 spiro atoms. The molecule has 29 heavy (non-hydrogen) atoms. The van der Waals surface area contributed by atoms with Crippen LogP contribution in [0.15, 0.2) is 34.2 Å². The quantitative estimate of drug-likeness (QED) is 0.304. The van der Waals surface area contributed by atoms with Crippen molar-refractivity contribution in [3.05, 3.63) is 34.6 Å². The van der Waals surface area contributed by atoms with Crippen LogP contribution in [0.2, 0.25) is 0 Å². The van der Waals surface area contributed by atoms with Gasteiger partial charge in [0.15, 0.2) is 5.16 Å². The summed E-state index contributed by atoms with van der Waals surface area (Å²) < 4.78 is 12.5. The van der Waals surface area contributed by atoms with E-state index in [-0.39, 0.29) is 23.3 Å². The van der Waals surface area contributed by atoms with Gasteiger partial charge in [0.2, 0.25) is 5.91 Å². The number of thioether (sulfide) groups is 1. The first-order valence-electron chi connectivity index (χ1n) is 10.1. The standard InChI is InChI=1S/C21H31N3O4S/c1-4-27-13-8-12-24-20(26)17-9-5-6-10-18(17)23-21(24)29-15-19(25)22-11-7-14-28-16(2)3/h5-6,9-10,16H,4,7-8,11-15H2,1-3H3,(H,22,25). The van der Waals surface area contributed by atoms with E-state index < -0.39 is 0 Å². The van der Waals surface area contributed by atoms with Gasteiger partial charge in [0.25, 0.3) is 5.56 Å². The molecule has 1 N–H and O–H groups in total. The summed E-state index contributed by atoms with van der Waals surface area (Å²) in [5, 5.41) is 4.03. The van der Waals surface area contributed by atoms with Gasteiger partial charge in [-0.3, -0.25) is 14.2 Å². The molecular formula is C21H31N3O4S. The SMILES string of the molecule is CCOCCCn1c(SCC(=O)NCCCOC(C)C)nc2ccccc2c1=O. The van der Waals surface area contributed by atoms with Crippen molar-refractivity contribution in [3.8, 4) is 0 Å². The van der Waals surface area contributed by atoms with Crippen molar-refractivity contribution in [2.24, 2.45) is 0 Å². The topological polar surface area (TPSA) is 82.4 Å². The summed E-state index contributed by atoms with van der Waals surface area (Å²) in [6, 6.07) is 7.29. The van der Waals surface area contributed by atoms with E-state index in [9.17, 15) is 9.59 Å². The molecule has 1 aromatic heterocycles. The fraction of sp³-hybridized carbons (Fsp3) is 0.571. The molecule has 0 atom stereocenters. The van der Waals surface area contributed by atoms with E-state index in [4.69, 9.17) is 9.47 Å². The first kappa shape index (κ1) is 23.4. The normalized spacial score (nSPS) is 11.3. The van der Waals surface area contributed by atoms with E-state index in [1.54, 1.807) is 10.6 Å². The summed E-state index contributed by atoms with van der Waals surface area (Å²) in [6.07, 6.45) is 1.67. The number of carbonyl (C=O) groups is 1. The molecule has 0 unspecified atom stereocenters. The van der Waals surface area contributed by atoms with Crippen molar-refractivity contribution in [1.29, 1.82) is 0 Å². The van der Waals surface area contributed by atoms with Crippen LogP contribution in [0.1, 0.15) is 33.6 Å². The lowest BCUT2D eigenvalue weighted by Gasteiger charge is -2.13. The van der Waals surface area contributed by atoms with Crippen LogP contribution in [0.5, 0.6) is 0 Å². The van der Waals surface area contributed by atoms with Gasteiger partial charge in [-0.05, 0) is 45.7 Å². The summed E-state index contributed by atoms with van der Waals surface area (Å²) in [4.78, 5) is 29.7. The number of hydrogen-bond acceptors (Lipinski definition) is 6. The van der Waals surface area contributed by atoms with Gasteiger partial charge >= 0.3 is 0 Å². The molecule has 1 aromatic carbocycles. The Morgan fingerprint density at radius 3 is 2.79 bits per heavy atom. The molecule has 1 amide bonds. The van der Waals surface area contributed by atoms with Gasteiger partial charge in [0.05, 0.1) is 22.8 Å². The van der Waals surface area contributed by atoms with E-state index >= 15 is 0 Å². The van der Waals surface area contributed by atoms with Crippen LogP contribution in [-0.2, 0) is 20.8 Å². The van der Waals surface area contributed by atoms with E-state index in [1.807, 2.05) is 39.0 Å². The molecule has 160 valence electrons. The van der Waals surface area contributed by atoms with Crippen molar-refractivity contribution in [3.63, 3.8) is 0 Å². The zero-order valence-electron chi connectivity index (χ0n) is 17.5. The second kappa shape index (κ2) is 12.6. The Morgan fingerprint density at radius 1 is 1.24 bits per heavy atom. The molecule has 8 heteroatoms. The fourth-order valence-corrected chi connectivity index (χ4v) is 3.58. The molecule has 0 saturated carbocycles. The fourth-order valence-electron chi connectivity index (χ4n) is 2.72. The molecule has 7 nitrogen and oxygen atoms in total. The predicted octanol–water partition coefficient (Wildman–Crippen LogP) is 2.85. The zero-order valence-corrected chi connectivity index (χ0v) is 18.3. The predicted molar refractivity (Wildman–Crippen MR) is 117 cm³/mol. The number of nitrogens with zero attached hydrogens (tertiary/aromatic N) is 2. The number of carbonyl (C=O) groups excluding carboxylic acids is 1. The van der Waals surface area contributed by atoms with Crippen molar-refractivity contribution in [2.45, 2.75) is 51.4 Å². The lowest BCUT2D eigenvalue weighted by molar-refractivity contribution is -0.118. The van der Waals surface area contributed by atoms with Gasteiger partial charge in [0.1, 0.15) is 0 Å². The number of ether oxygens (including phenoxy) is 2. The van der Waals surface area contributed by atoms with Crippen LogP contribution in [-0.4, -0.2) is 53.7 Å². The van der Waals surface area contributed by atoms with Crippen LogP contribution >= 0.6 is 11.8 Å². The van der Waals surface area contributed by atoms with Crippen LogP contribution in [0, 0.1) is 0 Å². The Hall–Kier alpha value is -1.90. The van der Waals surface area contributed by atoms with Gasteiger partial charge in [-0.2, -0.15) is 0 Å². The summed E-state index contributed by atoms with van der Waals surface area (Å²) in [5.74, 6) is 0.129. The van der Waals surface area contributed by atoms with Crippen LogP contribution in [0.25, 0.3) is 10.9 Å². The lowest BCUT2D eigenvalue weighted by Crippen LogP contribution is -2.28. The van der Waals surface area contributed by atoms with E-state index in [0.29, 0.717) is 55.4 Å². The molecular weight excluding hydrogens is 390 g/mol. The maximum atomic E-state index is 12.9. The van der Waals surface area contributed by atoms with Crippen LogP contribution < -0.4 is 10.9 Å². The monoisotopic (exact) mass is 421 g/mol. The lowest BCUT2D eigenvalue weighted by atomic mass is 10.2. The Kier molecular flexibility index (Phi) is 10.2. The minimum Gasteiger partial charge on any atom is -0.382 e. The highest BCUT2D eigenvalue weighted by molar-refractivity contribution is 7.99. The number of rotatable bonds is 13. The molecule has 0 fully saturated rings. The molecule has 0 bridgehead atoms. The Morgan fingerprint density at radius 2 is 2.03 bits per heavy atom. The van der Waals surface area contributed by atoms with E-state index in [2.05, 4.69) is 10.3 Å². The Labute approximate surface area is 176 Å². The Balaban J connectivity index is 2.00. The van der Waals surface area contributed by atoms with E-state index in [1.165, 1.54) is 11.8 Å².